The maximum atomic E-state index is 14.3. The predicted octanol–water partition coefficient (Wildman–Crippen LogP) is 4.67. The molecule has 10 rings (SSSR count). The molecule has 10 N–H and O–H groups in total. The Bertz CT molecular complexity index is 2680. The molecule has 0 spiro atoms. The van der Waals surface area contributed by atoms with Gasteiger partial charge in [0.1, 0.15) is 58.1 Å². The van der Waals surface area contributed by atoms with Gasteiger partial charge in [0.2, 0.25) is 0 Å². The van der Waals surface area contributed by atoms with Gasteiger partial charge in [-0.1, -0.05) is 18.2 Å². The first kappa shape index (κ1) is 42.4. The van der Waals surface area contributed by atoms with Crippen molar-refractivity contribution in [2.24, 2.45) is 23.5 Å². The van der Waals surface area contributed by atoms with Crippen LogP contribution in [0.5, 0.6) is 17.2 Å². The van der Waals surface area contributed by atoms with Gasteiger partial charge in [0.05, 0.1) is 25.0 Å². The highest BCUT2D eigenvalue weighted by Crippen LogP contribution is 2.61. The summed E-state index contributed by atoms with van der Waals surface area (Å²) in [5, 5.41) is 66.8. The second kappa shape index (κ2) is 16.2. The summed E-state index contributed by atoms with van der Waals surface area (Å²) < 4.78 is 20.6. The molecular weight excluding hydrogens is 817 g/mol. The number of benzene rings is 2. The average molecular weight is 875 g/mol. The number of fused-ring (bicyclic) bond motifs is 10. The third-order valence-corrected chi connectivity index (χ3v) is 15.7. The summed E-state index contributed by atoms with van der Waals surface area (Å²) in [7, 11) is 0. The number of nitrogens with one attached hydrogen (secondary N) is 3. The van der Waals surface area contributed by atoms with Crippen LogP contribution < -0.4 is 31.8 Å². The van der Waals surface area contributed by atoms with Gasteiger partial charge >= 0.3 is 5.97 Å². The number of nitrogens with two attached hydrogens (primary N) is 1. The molecule has 0 amide bonds. The molecule has 7 aliphatic rings. The average Bonchev–Trinajstić information content (AvgIpc) is 3.45. The number of carbonyl (C=O) groups excluding carboxylic acids is 1. The molecule has 2 aliphatic carbocycles. The number of phenols is 2. The van der Waals surface area contributed by atoms with Crippen LogP contribution >= 0.6 is 0 Å². The summed E-state index contributed by atoms with van der Waals surface area (Å²) in [5.41, 5.74) is 13.2. The third kappa shape index (κ3) is 6.58. The van der Waals surface area contributed by atoms with Gasteiger partial charge in [-0.25, -0.2) is 4.79 Å². The van der Waals surface area contributed by atoms with Crippen LogP contribution in [-0.4, -0.2) is 75.2 Å². The normalized spacial score (nSPS) is 30.8. The van der Waals surface area contributed by atoms with Gasteiger partial charge in [-0.15, -0.1) is 0 Å². The standard InChI is InChI=1S/C50H58N4O10/c1-4-24(20-55)49(61)63-39-18-35-44(60)42-38(59)17-28(21-56)62-46(42)43-40-33-13-14-52-47(51)41(33)31(10-7-25-6-8-27(58)16-34(25)36(40)22-57)30-12-11-29-26(15-37(30)50(39,3)64-45(35)43)19-53-48-32(29)9-5-23(2)54-48/h4,6,8,13,16-17,19,23,30-31,36-37,39-40,48,52-58,60H,5,7,9-12,14-15,18,20-22,51H2,1-3H3/b24-4-/t23-,30+,31+,36+,37+,39-,40+,48?,50+/m1/s1. The van der Waals surface area contributed by atoms with E-state index < -0.39 is 60.5 Å². The van der Waals surface area contributed by atoms with Gasteiger partial charge in [0, 0.05) is 60.2 Å². The molecule has 14 nitrogen and oxygen atoms in total. The van der Waals surface area contributed by atoms with E-state index in [0.717, 1.165) is 54.0 Å². The van der Waals surface area contributed by atoms with Crippen molar-refractivity contribution in [3.63, 3.8) is 0 Å². The van der Waals surface area contributed by atoms with Crippen LogP contribution in [0.25, 0.3) is 11.0 Å². The number of esters is 1. The maximum absolute atomic E-state index is 14.3. The number of aliphatic hydroxyl groups is 3. The molecule has 4 bridgehead atoms. The van der Waals surface area contributed by atoms with E-state index in [1.54, 1.807) is 19.1 Å². The smallest absolute Gasteiger partial charge is 0.336 e. The highest BCUT2D eigenvalue weighted by atomic mass is 16.6. The topological polar surface area (TPSA) is 229 Å². The zero-order valence-electron chi connectivity index (χ0n) is 36.5. The van der Waals surface area contributed by atoms with E-state index in [2.05, 4.69) is 35.2 Å². The Hall–Kier alpha value is -5.54. The lowest BCUT2D eigenvalue weighted by Crippen LogP contribution is -2.59. The SMILES string of the molecule is C/C=C(/CO)C(=O)O[C@@H]1Cc2c3c(c4oc(CO)cc(=O)c4c2O)[C@H]2C4=CCNC(N)=C4[C@@H](CCc4ccc(O)cc4[C@@H]2CO)[C@@H]2CCC4=C5CC[C@@H](C)NC5NC=C4C[C@@H]2[C@]1(C)O3. The zero-order chi connectivity index (χ0) is 44.8. The van der Waals surface area contributed by atoms with E-state index in [9.17, 15) is 35.1 Å². The molecule has 2 fully saturated rings. The number of piperidine rings is 1. The van der Waals surface area contributed by atoms with E-state index in [-0.39, 0.29) is 69.7 Å². The Morgan fingerprint density at radius 3 is 2.67 bits per heavy atom. The number of carbonyl (C=O) groups is 1. The first-order valence-corrected chi connectivity index (χ1v) is 22.8. The number of hydrogen-bond acceptors (Lipinski definition) is 14. The second-order valence-electron chi connectivity index (χ2n) is 18.9. The molecule has 6 heterocycles. The van der Waals surface area contributed by atoms with Gasteiger partial charge in [-0.05, 0) is 129 Å². The molecule has 338 valence electrons. The summed E-state index contributed by atoms with van der Waals surface area (Å²) in [4.78, 5) is 28.4. The van der Waals surface area contributed by atoms with Gasteiger partial charge in [-0.3, -0.25) is 10.1 Å². The van der Waals surface area contributed by atoms with Crippen LogP contribution in [0.15, 0.2) is 91.1 Å². The highest BCUT2D eigenvalue weighted by molar-refractivity contribution is 5.92. The lowest BCUT2D eigenvalue weighted by Gasteiger charge is -2.52. The number of phenolic OH excluding ortho intramolecular Hbond substituents is 2. The molecule has 0 radical (unpaired) electrons. The number of aromatic hydroxyl groups is 2. The fraction of sp³-hybridized carbons (Fsp3) is 0.480. The molecule has 1 unspecified atom stereocenters. The largest absolute Gasteiger partial charge is 0.508 e. The van der Waals surface area contributed by atoms with Gasteiger partial charge in [-0.2, -0.15) is 0 Å². The van der Waals surface area contributed by atoms with Crippen molar-refractivity contribution in [3.05, 3.63) is 120 Å². The van der Waals surface area contributed by atoms with Crippen LogP contribution in [0.4, 0.5) is 0 Å². The predicted molar refractivity (Wildman–Crippen MR) is 238 cm³/mol. The monoisotopic (exact) mass is 874 g/mol. The number of aryl methyl sites for hydroxylation is 1. The molecule has 1 aromatic heterocycles. The first-order chi connectivity index (χ1) is 30.9. The lowest BCUT2D eigenvalue weighted by atomic mass is 9.61. The number of ether oxygens (including phenoxy) is 2. The van der Waals surface area contributed by atoms with E-state index in [1.165, 1.54) is 17.2 Å². The second-order valence-corrected chi connectivity index (χ2v) is 18.9. The van der Waals surface area contributed by atoms with E-state index in [0.29, 0.717) is 48.8 Å². The Balaban J connectivity index is 1.33. The summed E-state index contributed by atoms with van der Waals surface area (Å²) in [6.45, 7) is 4.67. The van der Waals surface area contributed by atoms with Crippen LogP contribution in [0.1, 0.15) is 99.1 Å². The number of hydrogen-bond donors (Lipinski definition) is 9. The number of allylic oxidation sites excluding steroid dienone is 5. The summed E-state index contributed by atoms with van der Waals surface area (Å²) in [5.74, 6) is -2.71. The van der Waals surface area contributed by atoms with Crippen LogP contribution in [0.3, 0.4) is 0 Å². The minimum atomic E-state index is -1.32. The Morgan fingerprint density at radius 1 is 1.08 bits per heavy atom. The van der Waals surface area contributed by atoms with E-state index >= 15 is 0 Å². The van der Waals surface area contributed by atoms with Crippen LogP contribution in [-0.2, 0) is 29.0 Å². The summed E-state index contributed by atoms with van der Waals surface area (Å²) >= 11 is 0. The Morgan fingerprint density at radius 2 is 1.91 bits per heavy atom. The van der Waals surface area contributed by atoms with Gasteiger partial charge in [0.15, 0.2) is 5.43 Å². The maximum Gasteiger partial charge on any atom is 0.336 e. The Kier molecular flexibility index (Phi) is 10.7. The summed E-state index contributed by atoms with van der Waals surface area (Å²) in [6.07, 6.45) is 9.89. The van der Waals surface area contributed by atoms with Crippen molar-refractivity contribution >= 4 is 16.9 Å². The van der Waals surface area contributed by atoms with Crippen molar-refractivity contribution in [2.45, 2.75) is 114 Å². The summed E-state index contributed by atoms with van der Waals surface area (Å²) in [6, 6.07) is 6.79. The zero-order valence-corrected chi connectivity index (χ0v) is 36.5. The van der Waals surface area contributed by atoms with Crippen LogP contribution in [0.2, 0.25) is 0 Å². The van der Waals surface area contributed by atoms with Crippen molar-refractivity contribution in [3.8, 4) is 17.2 Å². The minimum absolute atomic E-state index is 0.00495. The fourth-order valence-electron chi connectivity index (χ4n) is 12.6. The minimum Gasteiger partial charge on any atom is -0.508 e. The van der Waals surface area contributed by atoms with E-state index in [1.807, 2.05) is 13.0 Å². The van der Waals surface area contributed by atoms with Crippen molar-refractivity contribution in [2.75, 3.05) is 19.8 Å². The fourth-order valence-corrected chi connectivity index (χ4v) is 12.6. The third-order valence-electron chi connectivity index (χ3n) is 15.7. The van der Waals surface area contributed by atoms with Crippen molar-refractivity contribution < 1.29 is 44.2 Å². The Labute approximate surface area is 371 Å². The number of rotatable bonds is 5. The van der Waals surface area contributed by atoms with Crippen LogP contribution in [0, 0.1) is 17.8 Å². The van der Waals surface area contributed by atoms with E-state index in [4.69, 9.17) is 19.6 Å². The number of dihydropyridines is 2. The molecule has 1 saturated carbocycles. The molecule has 2 aromatic carbocycles. The lowest BCUT2D eigenvalue weighted by molar-refractivity contribution is -0.169. The highest BCUT2D eigenvalue weighted by Gasteiger charge is 2.58. The molecule has 3 aromatic rings. The molecule has 5 aliphatic heterocycles. The van der Waals surface area contributed by atoms with Gasteiger partial charge < -0.3 is 55.8 Å². The molecule has 9 atom stereocenters. The molecular formula is C50H58N4O10. The van der Waals surface area contributed by atoms with Gasteiger partial charge in [0.25, 0.3) is 0 Å². The van der Waals surface area contributed by atoms with Crippen molar-refractivity contribution in [1.29, 1.82) is 0 Å². The molecule has 64 heavy (non-hydrogen) atoms. The quantitative estimate of drug-likeness (QED) is 0.125. The first-order valence-electron chi connectivity index (χ1n) is 22.8. The number of aliphatic hydroxyl groups excluding tert-OH is 3. The molecule has 14 heteroatoms. The molecule has 1 saturated heterocycles. The van der Waals surface area contributed by atoms with Crippen molar-refractivity contribution in [1.82, 2.24) is 16.0 Å².